The second-order valence-electron chi connectivity index (χ2n) is 5.38. The minimum atomic E-state index is -0.426. The lowest BCUT2D eigenvalue weighted by molar-refractivity contribution is -0.384. The Balaban J connectivity index is 1.57. The summed E-state index contributed by atoms with van der Waals surface area (Å²) in [6.07, 6.45) is 0. The zero-order valence-corrected chi connectivity index (χ0v) is 15.0. The summed E-state index contributed by atoms with van der Waals surface area (Å²) < 4.78 is 1.47. The van der Waals surface area contributed by atoms with Gasteiger partial charge >= 0.3 is 0 Å². The quantitative estimate of drug-likeness (QED) is 0.402. The summed E-state index contributed by atoms with van der Waals surface area (Å²) in [5.74, 6) is 0.187. The molecule has 0 unspecified atom stereocenters. The molecule has 6 nitrogen and oxygen atoms in total. The maximum absolute atomic E-state index is 12.0. The SMILES string of the molecule is Cc1ccccc1CNC(=O)CSc1nc2ccc([N+](=O)[O-])cc2s1. The number of non-ortho nitro benzene ring substituents is 1. The van der Waals surface area contributed by atoms with Gasteiger partial charge in [-0.15, -0.1) is 11.3 Å². The summed E-state index contributed by atoms with van der Waals surface area (Å²) >= 11 is 2.69. The van der Waals surface area contributed by atoms with E-state index >= 15 is 0 Å². The minimum Gasteiger partial charge on any atom is -0.351 e. The third-order valence-electron chi connectivity index (χ3n) is 3.63. The van der Waals surface area contributed by atoms with Gasteiger partial charge in [-0.2, -0.15) is 0 Å². The molecule has 1 heterocycles. The van der Waals surface area contributed by atoms with Crippen molar-refractivity contribution >= 4 is 44.9 Å². The summed E-state index contributed by atoms with van der Waals surface area (Å²) in [5, 5.41) is 13.7. The zero-order valence-electron chi connectivity index (χ0n) is 13.4. The molecule has 2 aromatic carbocycles. The van der Waals surface area contributed by atoms with Crippen LogP contribution in [0.25, 0.3) is 10.2 Å². The molecule has 0 aliphatic heterocycles. The summed E-state index contributed by atoms with van der Waals surface area (Å²) in [4.78, 5) is 26.8. The number of nitro benzene ring substituents is 1. The second kappa shape index (κ2) is 7.62. The molecule has 25 heavy (non-hydrogen) atoms. The number of carbonyl (C=O) groups is 1. The highest BCUT2D eigenvalue weighted by Crippen LogP contribution is 2.31. The predicted octanol–water partition coefficient (Wildman–Crippen LogP) is 3.92. The van der Waals surface area contributed by atoms with Crippen LogP contribution < -0.4 is 5.32 Å². The van der Waals surface area contributed by atoms with Gasteiger partial charge in [-0.05, 0) is 24.1 Å². The molecule has 1 aromatic heterocycles. The van der Waals surface area contributed by atoms with Crippen LogP contribution in [0.15, 0.2) is 46.8 Å². The monoisotopic (exact) mass is 373 g/mol. The smallest absolute Gasteiger partial charge is 0.270 e. The maximum atomic E-state index is 12.0. The van der Waals surface area contributed by atoms with Gasteiger partial charge in [-0.3, -0.25) is 14.9 Å². The molecule has 128 valence electrons. The van der Waals surface area contributed by atoms with Crippen LogP contribution in [0.2, 0.25) is 0 Å². The van der Waals surface area contributed by atoms with E-state index in [-0.39, 0.29) is 17.3 Å². The van der Waals surface area contributed by atoms with E-state index in [4.69, 9.17) is 0 Å². The fraction of sp³-hybridized carbons (Fsp3) is 0.176. The number of fused-ring (bicyclic) bond motifs is 1. The van der Waals surface area contributed by atoms with Crippen LogP contribution in [-0.2, 0) is 11.3 Å². The van der Waals surface area contributed by atoms with Crippen LogP contribution in [0.5, 0.6) is 0 Å². The molecule has 0 aliphatic carbocycles. The lowest BCUT2D eigenvalue weighted by Gasteiger charge is -2.07. The van der Waals surface area contributed by atoms with E-state index in [9.17, 15) is 14.9 Å². The second-order valence-corrected chi connectivity index (χ2v) is 7.63. The van der Waals surface area contributed by atoms with E-state index in [1.165, 1.54) is 35.2 Å². The van der Waals surface area contributed by atoms with Gasteiger partial charge in [-0.1, -0.05) is 36.0 Å². The number of nitrogens with zero attached hydrogens (tertiary/aromatic N) is 2. The highest BCUT2D eigenvalue weighted by Gasteiger charge is 2.12. The van der Waals surface area contributed by atoms with Crippen molar-refractivity contribution in [3.63, 3.8) is 0 Å². The van der Waals surface area contributed by atoms with Crippen molar-refractivity contribution in [2.45, 2.75) is 17.8 Å². The molecule has 3 rings (SSSR count). The number of benzene rings is 2. The van der Waals surface area contributed by atoms with Crippen molar-refractivity contribution in [2.75, 3.05) is 5.75 Å². The Kier molecular flexibility index (Phi) is 5.30. The molecule has 0 saturated carbocycles. The molecule has 0 atom stereocenters. The van der Waals surface area contributed by atoms with Crippen molar-refractivity contribution in [2.24, 2.45) is 0 Å². The van der Waals surface area contributed by atoms with Gasteiger partial charge < -0.3 is 5.32 Å². The Morgan fingerprint density at radius 1 is 1.32 bits per heavy atom. The lowest BCUT2D eigenvalue weighted by atomic mass is 10.1. The third kappa shape index (κ3) is 4.34. The molecule has 3 aromatic rings. The van der Waals surface area contributed by atoms with E-state index < -0.39 is 4.92 Å². The highest BCUT2D eigenvalue weighted by molar-refractivity contribution is 8.01. The van der Waals surface area contributed by atoms with Crippen LogP contribution >= 0.6 is 23.1 Å². The lowest BCUT2D eigenvalue weighted by Crippen LogP contribution is -2.24. The molecule has 0 saturated heterocycles. The summed E-state index contributed by atoms with van der Waals surface area (Å²) in [7, 11) is 0. The van der Waals surface area contributed by atoms with Gasteiger partial charge in [0.05, 0.1) is 20.9 Å². The highest BCUT2D eigenvalue weighted by atomic mass is 32.2. The number of aromatic nitrogens is 1. The van der Waals surface area contributed by atoms with Gasteiger partial charge in [-0.25, -0.2) is 4.98 Å². The summed E-state index contributed by atoms with van der Waals surface area (Å²) in [6.45, 7) is 2.51. The molecule has 8 heteroatoms. The third-order valence-corrected chi connectivity index (χ3v) is 5.79. The van der Waals surface area contributed by atoms with Crippen LogP contribution in [0, 0.1) is 17.0 Å². The Labute approximate surface area is 152 Å². The minimum absolute atomic E-state index is 0.0451. The summed E-state index contributed by atoms with van der Waals surface area (Å²) in [5.41, 5.74) is 2.98. The number of thioether (sulfide) groups is 1. The molecular weight excluding hydrogens is 358 g/mol. The number of thiazole rings is 1. The Hall–Kier alpha value is -2.45. The fourth-order valence-electron chi connectivity index (χ4n) is 2.25. The van der Waals surface area contributed by atoms with Crippen molar-refractivity contribution in [1.82, 2.24) is 10.3 Å². The molecular formula is C17H15N3O3S2. The first-order valence-corrected chi connectivity index (χ1v) is 9.32. The number of hydrogen-bond donors (Lipinski definition) is 1. The topological polar surface area (TPSA) is 85.1 Å². The number of nitrogens with one attached hydrogen (secondary N) is 1. The normalized spacial score (nSPS) is 10.8. The van der Waals surface area contributed by atoms with E-state index in [2.05, 4.69) is 10.3 Å². The van der Waals surface area contributed by atoms with E-state index in [1.54, 1.807) is 6.07 Å². The van der Waals surface area contributed by atoms with Crippen molar-refractivity contribution < 1.29 is 9.72 Å². The Morgan fingerprint density at radius 3 is 2.88 bits per heavy atom. The maximum Gasteiger partial charge on any atom is 0.270 e. The number of carbonyl (C=O) groups excluding carboxylic acids is 1. The molecule has 0 bridgehead atoms. The van der Waals surface area contributed by atoms with Gasteiger partial charge in [0.2, 0.25) is 5.91 Å². The van der Waals surface area contributed by atoms with Crippen molar-refractivity contribution in [3.8, 4) is 0 Å². The fourth-order valence-corrected chi connectivity index (χ4v) is 4.18. The molecule has 0 spiro atoms. The van der Waals surface area contributed by atoms with Crippen LogP contribution in [-0.4, -0.2) is 21.6 Å². The zero-order chi connectivity index (χ0) is 17.8. The van der Waals surface area contributed by atoms with Gasteiger partial charge in [0, 0.05) is 18.7 Å². The van der Waals surface area contributed by atoms with E-state index in [0.29, 0.717) is 12.1 Å². The molecule has 1 amide bonds. The molecule has 0 radical (unpaired) electrons. The Bertz CT molecular complexity index is 940. The van der Waals surface area contributed by atoms with E-state index in [0.717, 1.165) is 20.2 Å². The summed E-state index contributed by atoms with van der Waals surface area (Å²) in [6, 6.07) is 12.5. The van der Waals surface area contributed by atoms with Gasteiger partial charge in [0.1, 0.15) is 0 Å². The van der Waals surface area contributed by atoms with Crippen LogP contribution in [0.3, 0.4) is 0 Å². The largest absolute Gasteiger partial charge is 0.351 e. The van der Waals surface area contributed by atoms with Gasteiger partial charge in [0.25, 0.3) is 5.69 Å². The first kappa shape index (κ1) is 17.4. The average Bonchev–Trinajstić information content (AvgIpc) is 3.01. The molecule has 0 fully saturated rings. The first-order valence-electron chi connectivity index (χ1n) is 7.52. The predicted molar refractivity (Wildman–Crippen MR) is 100 cm³/mol. The number of amides is 1. The number of rotatable bonds is 6. The van der Waals surface area contributed by atoms with Crippen LogP contribution in [0.1, 0.15) is 11.1 Å². The molecule has 1 N–H and O–H groups in total. The van der Waals surface area contributed by atoms with Crippen molar-refractivity contribution in [1.29, 1.82) is 0 Å². The molecule has 0 aliphatic rings. The number of aryl methyl sites for hydroxylation is 1. The van der Waals surface area contributed by atoms with Gasteiger partial charge in [0.15, 0.2) is 4.34 Å². The standard InChI is InChI=1S/C17H15N3O3S2/c1-11-4-2-3-5-12(11)9-18-16(21)10-24-17-19-14-7-6-13(20(22)23)8-15(14)25-17/h2-8H,9-10H2,1H3,(H,18,21). The average molecular weight is 373 g/mol. The Morgan fingerprint density at radius 2 is 2.12 bits per heavy atom. The van der Waals surface area contributed by atoms with Crippen LogP contribution in [0.4, 0.5) is 5.69 Å². The number of hydrogen-bond acceptors (Lipinski definition) is 6. The van der Waals surface area contributed by atoms with E-state index in [1.807, 2.05) is 31.2 Å². The van der Waals surface area contributed by atoms with Crippen molar-refractivity contribution in [3.05, 3.63) is 63.7 Å². The number of nitro groups is 1. The first-order chi connectivity index (χ1) is 12.0.